The maximum Gasteiger partial charge on any atom is 0.317 e. The minimum atomic E-state index is -0.835. The molecule has 6 nitrogen and oxygen atoms in total. The fourth-order valence-corrected chi connectivity index (χ4v) is 2.39. The Labute approximate surface area is 106 Å². The first-order valence-corrected chi connectivity index (χ1v) is 6.14. The molecule has 2 fully saturated rings. The zero-order valence-electron chi connectivity index (χ0n) is 10.2. The fourth-order valence-electron chi connectivity index (χ4n) is 2.39. The molecule has 0 aliphatic carbocycles. The quantitative estimate of drug-likeness (QED) is 0.717. The van der Waals surface area contributed by atoms with Gasteiger partial charge in [-0.15, -0.1) is 6.58 Å². The van der Waals surface area contributed by atoms with E-state index < -0.39 is 11.9 Å². The smallest absolute Gasteiger partial charge is 0.317 e. The molecular weight excluding hydrogens is 236 g/mol. The number of hydrogen-bond donors (Lipinski definition) is 2. The summed E-state index contributed by atoms with van der Waals surface area (Å²) in [7, 11) is 0. The van der Waals surface area contributed by atoms with E-state index in [1.165, 1.54) is 0 Å². The molecule has 0 spiro atoms. The third kappa shape index (κ3) is 2.64. The molecule has 0 saturated carbocycles. The van der Waals surface area contributed by atoms with Crippen LogP contribution in [0, 0.1) is 5.92 Å². The summed E-state index contributed by atoms with van der Waals surface area (Å²) in [6, 6.07) is -0.264. The van der Waals surface area contributed by atoms with Crippen LogP contribution in [0.3, 0.4) is 0 Å². The summed E-state index contributed by atoms with van der Waals surface area (Å²) in [6.07, 6.45) is 2.82. The number of ether oxygens (including phenoxy) is 1. The molecule has 0 radical (unpaired) electrons. The van der Waals surface area contributed by atoms with E-state index in [1.54, 1.807) is 11.0 Å². The second-order valence-electron chi connectivity index (χ2n) is 4.69. The van der Waals surface area contributed by atoms with E-state index in [0.29, 0.717) is 19.6 Å². The number of nitrogens with one attached hydrogen (secondary N) is 1. The normalized spacial score (nSPS) is 31.3. The third-order valence-corrected chi connectivity index (χ3v) is 3.50. The standard InChI is InChI=1S/C12H18N2O4/c1-2-10-9(4-6-18-10)13-12(17)14-5-3-8(7-14)11(15)16/h2,8-10H,1,3-7H2,(H,13,17)(H,15,16)/t8?,9-,10+/m1/s1. The summed E-state index contributed by atoms with van der Waals surface area (Å²) in [5.74, 6) is -1.27. The monoisotopic (exact) mass is 254 g/mol. The van der Waals surface area contributed by atoms with Gasteiger partial charge in [-0.25, -0.2) is 4.79 Å². The minimum Gasteiger partial charge on any atom is -0.481 e. The summed E-state index contributed by atoms with van der Waals surface area (Å²) in [4.78, 5) is 24.3. The van der Waals surface area contributed by atoms with Crippen LogP contribution in [0.1, 0.15) is 12.8 Å². The van der Waals surface area contributed by atoms with E-state index in [2.05, 4.69) is 11.9 Å². The highest BCUT2D eigenvalue weighted by atomic mass is 16.5. The summed E-state index contributed by atoms with van der Waals surface area (Å²) >= 11 is 0. The van der Waals surface area contributed by atoms with E-state index in [0.717, 1.165) is 6.42 Å². The molecule has 0 aromatic heterocycles. The van der Waals surface area contributed by atoms with Crippen molar-refractivity contribution in [3.63, 3.8) is 0 Å². The van der Waals surface area contributed by atoms with E-state index in [1.807, 2.05) is 0 Å². The average Bonchev–Trinajstić information content (AvgIpc) is 2.96. The first-order chi connectivity index (χ1) is 8.61. The lowest BCUT2D eigenvalue weighted by Gasteiger charge is -2.22. The average molecular weight is 254 g/mol. The maximum absolute atomic E-state index is 12.0. The topological polar surface area (TPSA) is 78.9 Å². The van der Waals surface area contributed by atoms with Crippen molar-refractivity contribution < 1.29 is 19.4 Å². The van der Waals surface area contributed by atoms with Gasteiger partial charge in [0.25, 0.3) is 0 Å². The van der Waals surface area contributed by atoms with Crippen molar-refractivity contribution >= 4 is 12.0 Å². The number of amides is 2. The Morgan fingerprint density at radius 1 is 1.44 bits per heavy atom. The second kappa shape index (κ2) is 5.39. The van der Waals surface area contributed by atoms with Crippen molar-refractivity contribution in [3.05, 3.63) is 12.7 Å². The molecule has 0 bridgehead atoms. The van der Waals surface area contributed by atoms with Gasteiger partial charge in [-0.3, -0.25) is 4.79 Å². The molecule has 2 saturated heterocycles. The summed E-state index contributed by atoms with van der Waals surface area (Å²) in [5, 5.41) is 11.8. The van der Waals surface area contributed by atoms with Crippen molar-refractivity contribution in [2.75, 3.05) is 19.7 Å². The van der Waals surface area contributed by atoms with Gasteiger partial charge in [0.05, 0.1) is 18.1 Å². The second-order valence-corrected chi connectivity index (χ2v) is 4.69. The summed E-state index contributed by atoms with van der Waals surface area (Å²) < 4.78 is 5.39. The molecule has 1 unspecified atom stereocenters. The van der Waals surface area contributed by atoms with Gasteiger partial charge in [0.15, 0.2) is 0 Å². The first-order valence-electron chi connectivity index (χ1n) is 6.14. The van der Waals surface area contributed by atoms with Crippen molar-refractivity contribution in [1.82, 2.24) is 10.2 Å². The van der Waals surface area contributed by atoms with Gasteiger partial charge in [0.1, 0.15) is 0 Å². The van der Waals surface area contributed by atoms with Crippen LogP contribution in [0.15, 0.2) is 12.7 Å². The van der Waals surface area contributed by atoms with E-state index in [-0.39, 0.29) is 24.7 Å². The molecule has 2 N–H and O–H groups in total. The molecule has 2 rings (SSSR count). The molecule has 0 aromatic rings. The van der Waals surface area contributed by atoms with Gasteiger partial charge in [-0.05, 0) is 12.8 Å². The molecule has 2 aliphatic rings. The predicted octanol–water partition coefficient (Wildman–Crippen LogP) is 0.446. The van der Waals surface area contributed by atoms with Crippen LogP contribution in [0.2, 0.25) is 0 Å². The molecule has 2 aliphatic heterocycles. The van der Waals surface area contributed by atoms with Crippen molar-refractivity contribution in [1.29, 1.82) is 0 Å². The highest BCUT2D eigenvalue weighted by molar-refractivity contribution is 5.77. The van der Waals surface area contributed by atoms with Gasteiger partial charge in [-0.1, -0.05) is 6.08 Å². The van der Waals surface area contributed by atoms with Gasteiger partial charge in [0, 0.05) is 19.7 Å². The van der Waals surface area contributed by atoms with Crippen LogP contribution in [-0.2, 0) is 9.53 Å². The zero-order valence-corrected chi connectivity index (χ0v) is 10.2. The number of hydrogen-bond acceptors (Lipinski definition) is 3. The van der Waals surface area contributed by atoms with Crippen LogP contribution in [0.5, 0.6) is 0 Å². The van der Waals surface area contributed by atoms with Crippen molar-refractivity contribution in [2.24, 2.45) is 5.92 Å². The number of rotatable bonds is 3. The Balaban J connectivity index is 1.85. The van der Waals surface area contributed by atoms with E-state index >= 15 is 0 Å². The number of aliphatic carboxylic acids is 1. The van der Waals surface area contributed by atoms with Crippen LogP contribution >= 0.6 is 0 Å². The lowest BCUT2D eigenvalue weighted by Crippen LogP contribution is -2.46. The third-order valence-electron chi connectivity index (χ3n) is 3.50. The molecule has 3 atom stereocenters. The van der Waals surface area contributed by atoms with Gasteiger partial charge >= 0.3 is 12.0 Å². The largest absolute Gasteiger partial charge is 0.481 e. The molecule has 2 heterocycles. The number of carbonyl (C=O) groups is 2. The Bertz CT molecular complexity index is 358. The Morgan fingerprint density at radius 2 is 2.22 bits per heavy atom. The number of urea groups is 1. The maximum atomic E-state index is 12.0. The molecule has 0 aromatic carbocycles. The summed E-state index contributed by atoms with van der Waals surface area (Å²) in [6.45, 7) is 5.06. The van der Waals surface area contributed by atoms with Crippen molar-refractivity contribution in [2.45, 2.75) is 25.0 Å². The van der Waals surface area contributed by atoms with Gasteiger partial charge in [0.2, 0.25) is 0 Å². The van der Waals surface area contributed by atoms with E-state index in [4.69, 9.17) is 9.84 Å². The molecule has 6 heteroatoms. The summed E-state index contributed by atoms with van der Waals surface area (Å²) in [5.41, 5.74) is 0. The number of likely N-dealkylation sites (tertiary alicyclic amines) is 1. The first kappa shape index (κ1) is 12.9. The molecule has 2 amide bonds. The van der Waals surface area contributed by atoms with E-state index in [9.17, 15) is 9.59 Å². The Morgan fingerprint density at radius 3 is 2.83 bits per heavy atom. The molecule has 18 heavy (non-hydrogen) atoms. The Hall–Kier alpha value is -1.56. The Kier molecular flexibility index (Phi) is 3.86. The highest BCUT2D eigenvalue weighted by Crippen LogP contribution is 2.18. The lowest BCUT2D eigenvalue weighted by molar-refractivity contribution is -0.141. The number of carbonyl (C=O) groups excluding carboxylic acids is 1. The van der Waals surface area contributed by atoms with Crippen molar-refractivity contribution in [3.8, 4) is 0 Å². The fraction of sp³-hybridized carbons (Fsp3) is 0.667. The van der Waals surface area contributed by atoms with Gasteiger partial charge < -0.3 is 20.1 Å². The predicted molar refractivity (Wildman–Crippen MR) is 64.2 cm³/mol. The number of nitrogens with zero attached hydrogens (tertiary/aromatic N) is 1. The zero-order chi connectivity index (χ0) is 13.1. The highest BCUT2D eigenvalue weighted by Gasteiger charge is 2.33. The number of carboxylic acids is 1. The van der Waals surface area contributed by atoms with Crippen LogP contribution in [0.4, 0.5) is 4.79 Å². The lowest BCUT2D eigenvalue weighted by atomic mass is 10.1. The number of carboxylic acid groups (broad SMARTS) is 1. The van der Waals surface area contributed by atoms with Gasteiger partial charge in [-0.2, -0.15) is 0 Å². The molecular formula is C12H18N2O4. The SMILES string of the molecule is C=C[C@@H]1OCC[C@H]1NC(=O)N1CCC(C(=O)O)C1. The van der Waals surface area contributed by atoms with Crippen LogP contribution in [-0.4, -0.2) is 53.8 Å². The van der Waals surface area contributed by atoms with Crippen LogP contribution < -0.4 is 5.32 Å². The minimum absolute atomic E-state index is 0.0566. The van der Waals surface area contributed by atoms with Crippen LogP contribution in [0.25, 0.3) is 0 Å². The molecule has 100 valence electrons.